The lowest BCUT2D eigenvalue weighted by atomic mass is 9.92. The number of fused-ring (bicyclic) bond motifs is 1. The van der Waals surface area contributed by atoms with E-state index in [1.165, 1.54) is 16.7 Å². The van der Waals surface area contributed by atoms with Crippen molar-refractivity contribution in [3.05, 3.63) is 63.2 Å². The van der Waals surface area contributed by atoms with E-state index in [-0.39, 0.29) is 12.0 Å². The molecule has 20 heavy (non-hydrogen) atoms. The second kappa shape index (κ2) is 4.80. The highest BCUT2D eigenvalue weighted by molar-refractivity contribution is 6.30. The van der Waals surface area contributed by atoms with Gasteiger partial charge in [0.2, 0.25) is 0 Å². The van der Waals surface area contributed by atoms with Crippen LogP contribution in [0.25, 0.3) is 0 Å². The zero-order valence-electron chi connectivity index (χ0n) is 11.7. The van der Waals surface area contributed by atoms with Gasteiger partial charge in [-0.15, -0.1) is 0 Å². The first-order valence-corrected chi connectivity index (χ1v) is 7.20. The van der Waals surface area contributed by atoms with Crippen LogP contribution in [0.15, 0.2) is 30.3 Å². The molecule has 3 heteroatoms. The molecule has 1 aliphatic rings. The molecular weight excluding hydrogens is 270 g/mol. The summed E-state index contributed by atoms with van der Waals surface area (Å²) in [6.45, 7) is 4.01. The van der Waals surface area contributed by atoms with Crippen LogP contribution in [-0.2, 0) is 6.42 Å². The molecule has 1 aliphatic carbocycles. The van der Waals surface area contributed by atoms with Gasteiger partial charge in [-0.1, -0.05) is 29.8 Å². The number of nitrogens with two attached hydrogens (primary N) is 1. The van der Waals surface area contributed by atoms with E-state index in [4.69, 9.17) is 17.3 Å². The zero-order valence-corrected chi connectivity index (χ0v) is 12.4. The van der Waals surface area contributed by atoms with Crippen molar-refractivity contribution in [2.75, 3.05) is 0 Å². The van der Waals surface area contributed by atoms with Gasteiger partial charge >= 0.3 is 0 Å². The molecule has 0 aromatic heterocycles. The largest absolute Gasteiger partial charge is 0.507 e. The molecular formula is C17H18ClNO. The van der Waals surface area contributed by atoms with Crippen molar-refractivity contribution in [2.24, 2.45) is 5.73 Å². The second-order valence-electron chi connectivity index (χ2n) is 5.64. The molecule has 2 nitrogen and oxygen atoms in total. The summed E-state index contributed by atoms with van der Waals surface area (Å²) in [5, 5.41) is 11.1. The molecule has 0 aliphatic heterocycles. The van der Waals surface area contributed by atoms with Crippen molar-refractivity contribution in [2.45, 2.75) is 32.2 Å². The second-order valence-corrected chi connectivity index (χ2v) is 6.08. The van der Waals surface area contributed by atoms with Crippen molar-refractivity contribution >= 4 is 11.6 Å². The number of phenols is 1. The Morgan fingerprint density at radius 1 is 1.15 bits per heavy atom. The molecule has 3 rings (SSSR count). The van der Waals surface area contributed by atoms with Crippen LogP contribution in [0.1, 0.15) is 39.8 Å². The fourth-order valence-corrected chi connectivity index (χ4v) is 3.39. The van der Waals surface area contributed by atoms with Crippen LogP contribution >= 0.6 is 11.6 Å². The highest BCUT2D eigenvalue weighted by atomic mass is 35.5. The summed E-state index contributed by atoms with van der Waals surface area (Å²) in [4.78, 5) is 0. The average molecular weight is 288 g/mol. The molecule has 0 spiro atoms. The number of hydrogen-bond acceptors (Lipinski definition) is 2. The van der Waals surface area contributed by atoms with Crippen LogP contribution in [-0.4, -0.2) is 5.11 Å². The molecule has 0 bridgehead atoms. The van der Waals surface area contributed by atoms with Gasteiger partial charge in [-0.3, -0.25) is 0 Å². The van der Waals surface area contributed by atoms with Gasteiger partial charge in [0, 0.05) is 22.5 Å². The topological polar surface area (TPSA) is 46.2 Å². The summed E-state index contributed by atoms with van der Waals surface area (Å²) >= 11 is 5.94. The maximum Gasteiger partial charge on any atom is 0.123 e. The van der Waals surface area contributed by atoms with Crippen molar-refractivity contribution in [3.63, 3.8) is 0 Å². The van der Waals surface area contributed by atoms with Crippen LogP contribution in [0.4, 0.5) is 0 Å². The Morgan fingerprint density at radius 3 is 2.45 bits per heavy atom. The number of aryl methyl sites for hydroxylation is 2. The van der Waals surface area contributed by atoms with E-state index in [1.54, 1.807) is 0 Å². The van der Waals surface area contributed by atoms with E-state index in [9.17, 15) is 5.11 Å². The molecule has 0 heterocycles. The molecule has 3 N–H and O–H groups in total. The maximum atomic E-state index is 10.3. The highest BCUT2D eigenvalue weighted by Gasteiger charge is 2.34. The highest BCUT2D eigenvalue weighted by Crippen LogP contribution is 2.47. The van der Waals surface area contributed by atoms with Crippen LogP contribution in [0.3, 0.4) is 0 Å². The predicted octanol–water partition coefficient (Wildman–Crippen LogP) is 4.00. The van der Waals surface area contributed by atoms with Crippen LogP contribution < -0.4 is 5.73 Å². The quantitative estimate of drug-likeness (QED) is 0.833. The Bertz CT molecular complexity index is 664. The third-order valence-corrected chi connectivity index (χ3v) is 4.60. The standard InChI is InChI=1S/C17H18ClNO/c1-9-7-10(2)17(20)15-13(9)8-14(16(15)19)11-3-5-12(18)6-4-11/h3-7,14,16,20H,8,19H2,1-2H3/t14-,16-/m1/s1. The number of hydrogen-bond donors (Lipinski definition) is 2. The van der Waals surface area contributed by atoms with Gasteiger partial charge < -0.3 is 10.8 Å². The first-order chi connectivity index (χ1) is 9.49. The summed E-state index contributed by atoms with van der Waals surface area (Å²) in [6.07, 6.45) is 0.873. The van der Waals surface area contributed by atoms with Crippen LogP contribution in [0.2, 0.25) is 5.02 Å². The number of rotatable bonds is 1. The Hall–Kier alpha value is -1.51. The normalized spacial score (nSPS) is 21.0. The van der Waals surface area contributed by atoms with Gasteiger partial charge in [0.15, 0.2) is 0 Å². The molecule has 0 fully saturated rings. The number of aromatic hydroxyl groups is 1. The van der Waals surface area contributed by atoms with Crippen molar-refractivity contribution in [1.82, 2.24) is 0 Å². The minimum absolute atomic E-state index is 0.162. The molecule has 0 saturated heterocycles. The maximum absolute atomic E-state index is 10.3. The van der Waals surface area contributed by atoms with Gasteiger partial charge in [0.1, 0.15) is 5.75 Å². The third kappa shape index (κ3) is 2.00. The minimum Gasteiger partial charge on any atom is -0.507 e. The van der Waals surface area contributed by atoms with Gasteiger partial charge in [0.25, 0.3) is 0 Å². The first-order valence-electron chi connectivity index (χ1n) is 6.82. The smallest absolute Gasteiger partial charge is 0.123 e. The van der Waals surface area contributed by atoms with E-state index < -0.39 is 0 Å². The molecule has 2 aromatic carbocycles. The van der Waals surface area contributed by atoms with E-state index in [1.807, 2.05) is 37.3 Å². The third-order valence-electron chi connectivity index (χ3n) is 4.35. The Morgan fingerprint density at radius 2 is 1.80 bits per heavy atom. The Labute approximate surface area is 124 Å². The predicted molar refractivity (Wildman–Crippen MR) is 82.4 cm³/mol. The van der Waals surface area contributed by atoms with Gasteiger partial charge in [0.05, 0.1) is 0 Å². The molecule has 2 aromatic rings. The van der Waals surface area contributed by atoms with Crippen molar-refractivity contribution in [3.8, 4) is 5.75 Å². The monoisotopic (exact) mass is 287 g/mol. The number of halogens is 1. The molecule has 0 unspecified atom stereocenters. The lowest BCUT2D eigenvalue weighted by Crippen LogP contribution is -2.15. The van der Waals surface area contributed by atoms with E-state index in [0.29, 0.717) is 5.75 Å². The molecule has 0 amide bonds. The average Bonchev–Trinajstić information content (AvgIpc) is 2.76. The van der Waals surface area contributed by atoms with Crippen molar-refractivity contribution in [1.29, 1.82) is 0 Å². The number of phenolic OH excluding ortho intramolecular Hbond substituents is 1. The molecule has 0 saturated carbocycles. The summed E-state index contributed by atoms with van der Waals surface area (Å²) in [5.41, 5.74) is 11.8. The first kappa shape index (κ1) is 13.5. The summed E-state index contributed by atoms with van der Waals surface area (Å²) in [7, 11) is 0. The summed E-state index contributed by atoms with van der Waals surface area (Å²) in [6, 6.07) is 9.71. The molecule has 2 atom stereocenters. The Kier molecular flexibility index (Phi) is 3.23. The van der Waals surface area contributed by atoms with E-state index in [2.05, 4.69) is 6.92 Å². The van der Waals surface area contributed by atoms with E-state index >= 15 is 0 Å². The molecule has 104 valence electrons. The zero-order chi connectivity index (χ0) is 14.4. The van der Waals surface area contributed by atoms with Gasteiger partial charge in [-0.2, -0.15) is 0 Å². The number of benzene rings is 2. The van der Waals surface area contributed by atoms with Gasteiger partial charge in [-0.25, -0.2) is 0 Å². The van der Waals surface area contributed by atoms with Crippen LogP contribution in [0, 0.1) is 13.8 Å². The SMILES string of the molecule is Cc1cc(C)c2c(c1O)[C@H](N)[C@@H](c1ccc(Cl)cc1)C2. The molecule has 0 radical (unpaired) electrons. The van der Waals surface area contributed by atoms with Gasteiger partial charge in [-0.05, 0) is 54.7 Å². The fraction of sp³-hybridized carbons (Fsp3) is 0.294. The Balaban J connectivity index is 2.06. The summed E-state index contributed by atoms with van der Waals surface area (Å²) in [5.74, 6) is 0.559. The lowest BCUT2D eigenvalue weighted by molar-refractivity contribution is 0.456. The fourth-order valence-electron chi connectivity index (χ4n) is 3.26. The minimum atomic E-state index is -0.162. The van der Waals surface area contributed by atoms with Crippen molar-refractivity contribution < 1.29 is 5.11 Å². The van der Waals surface area contributed by atoms with E-state index in [0.717, 1.165) is 22.6 Å². The summed E-state index contributed by atoms with van der Waals surface area (Å²) < 4.78 is 0. The van der Waals surface area contributed by atoms with Crippen LogP contribution in [0.5, 0.6) is 5.75 Å². The lowest BCUT2D eigenvalue weighted by Gasteiger charge is -2.17.